The fraction of sp³-hybridized carbons (Fsp3) is 0.516. The van der Waals surface area contributed by atoms with E-state index in [1.54, 1.807) is 36.9 Å². The van der Waals surface area contributed by atoms with Crippen LogP contribution in [0.15, 0.2) is 36.4 Å². The van der Waals surface area contributed by atoms with E-state index in [4.69, 9.17) is 9.47 Å². The van der Waals surface area contributed by atoms with Crippen LogP contribution in [0.3, 0.4) is 0 Å². The number of anilines is 1. The first-order valence-corrected chi connectivity index (χ1v) is 15.0. The summed E-state index contributed by atoms with van der Waals surface area (Å²) >= 11 is 0. The number of halogens is 6. The van der Waals surface area contributed by atoms with Gasteiger partial charge in [-0.1, -0.05) is 31.5 Å². The molecule has 0 bridgehead atoms. The van der Waals surface area contributed by atoms with Crippen LogP contribution >= 0.6 is 0 Å². The van der Waals surface area contributed by atoms with Crippen molar-refractivity contribution in [2.45, 2.75) is 63.1 Å². The molecule has 16 heteroatoms. The van der Waals surface area contributed by atoms with Crippen molar-refractivity contribution in [1.29, 1.82) is 0 Å². The van der Waals surface area contributed by atoms with Crippen molar-refractivity contribution in [2.24, 2.45) is 0 Å². The number of benzene rings is 2. The van der Waals surface area contributed by atoms with E-state index in [1.807, 2.05) is 0 Å². The van der Waals surface area contributed by atoms with Gasteiger partial charge in [-0.2, -0.15) is 26.3 Å². The molecule has 2 saturated heterocycles. The Morgan fingerprint density at radius 1 is 1.00 bits per heavy atom. The highest BCUT2D eigenvalue weighted by molar-refractivity contribution is 6.09. The van der Waals surface area contributed by atoms with Crippen molar-refractivity contribution >= 4 is 23.5 Å². The minimum Gasteiger partial charge on any atom is -0.486 e. The second-order valence-corrected chi connectivity index (χ2v) is 12.0. The quantitative estimate of drug-likeness (QED) is 0.335. The number of carbonyl (C=O) groups is 3. The monoisotopic (exact) mass is 672 g/mol. The van der Waals surface area contributed by atoms with Crippen molar-refractivity contribution in [3.63, 3.8) is 0 Å². The second kappa shape index (κ2) is 12.1. The number of fused-ring (bicyclic) bond motifs is 1. The Morgan fingerprint density at radius 2 is 1.66 bits per heavy atom. The predicted molar refractivity (Wildman–Crippen MR) is 155 cm³/mol. The van der Waals surface area contributed by atoms with Gasteiger partial charge in [-0.25, -0.2) is 4.79 Å². The minimum absolute atomic E-state index is 0.101. The van der Waals surface area contributed by atoms with Crippen molar-refractivity contribution in [3.05, 3.63) is 53.1 Å². The molecule has 2 N–H and O–H groups in total. The number of carbonyl (C=O) groups excluding carboxylic acids is 3. The number of aryl methyl sites for hydroxylation is 1. The van der Waals surface area contributed by atoms with Crippen LogP contribution in [-0.2, 0) is 27.1 Å². The van der Waals surface area contributed by atoms with Crippen LogP contribution < -0.4 is 19.7 Å². The molecule has 2 aromatic rings. The van der Waals surface area contributed by atoms with Crippen LogP contribution in [0.4, 0.5) is 36.8 Å². The molecule has 3 aliphatic rings. The molecule has 5 rings (SSSR count). The van der Waals surface area contributed by atoms with Gasteiger partial charge in [-0.15, -0.1) is 0 Å². The first-order valence-electron chi connectivity index (χ1n) is 15.0. The Labute approximate surface area is 266 Å². The average molecular weight is 673 g/mol. The summed E-state index contributed by atoms with van der Waals surface area (Å²) in [5, 5.41) is 12.6. The third-order valence-electron chi connectivity index (χ3n) is 8.81. The number of alkyl halides is 6. The van der Waals surface area contributed by atoms with Gasteiger partial charge in [0.2, 0.25) is 5.91 Å². The number of imide groups is 1. The Hall–Kier alpha value is -4.21. The topological polar surface area (TPSA) is 112 Å². The first-order chi connectivity index (χ1) is 21.9. The number of hydrogen-bond acceptors (Lipinski definition) is 7. The highest BCUT2D eigenvalue weighted by Gasteiger charge is 2.71. The van der Waals surface area contributed by atoms with Crippen molar-refractivity contribution < 1.29 is 55.3 Å². The zero-order valence-electron chi connectivity index (χ0n) is 25.8. The second-order valence-electron chi connectivity index (χ2n) is 12.0. The maximum Gasteiger partial charge on any atom is 0.430 e. The molecular formula is C31H34F6N4O6. The maximum absolute atomic E-state index is 13.5. The SMILES string of the molecule is CCCc1cc(C(O)(C(F)(F)F)C(F)(F)F)ccc1N1CCN(C(=O)CN2C(=O)NC(C)(c3ccc4c(c3)OCCO4)C2=O)C[C@H]1C. The summed E-state index contributed by atoms with van der Waals surface area (Å²) in [7, 11) is 0. The van der Waals surface area contributed by atoms with Crippen LogP contribution in [-0.4, -0.2) is 90.5 Å². The number of rotatable bonds is 7. The van der Waals surface area contributed by atoms with E-state index >= 15 is 0 Å². The third-order valence-corrected chi connectivity index (χ3v) is 8.81. The number of ether oxygens (including phenoxy) is 2. The zero-order valence-corrected chi connectivity index (χ0v) is 25.8. The molecule has 1 unspecified atom stereocenters. The molecule has 2 aromatic carbocycles. The molecule has 0 aliphatic carbocycles. The highest BCUT2D eigenvalue weighted by Crippen LogP contribution is 2.50. The zero-order chi connectivity index (χ0) is 34.5. The Balaban J connectivity index is 1.30. The fourth-order valence-corrected chi connectivity index (χ4v) is 6.22. The molecule has 0 radical (unpaired) electrons. The van der Waals surface area contributed by atoms with E-state index in [2.05, 4.69) is 5.32 Å². The number of nitrogens with one attached hydrogen (secondary N) is 1. The van der Waals surface area contributed by atoms with Crippen LogP contribution in [0.1, 0.15) is 43.9 Å². The summed E-state index contributed by atoms with van der Waals surface area (Å²) < 4.78 is 92.4. The molecular weight excluding hydrogens is 638 g/mol. The van der Waals surface area contributed by atoms with Crippen molar-refractivity contribution in [3.8, 4) is 11.5 Å². The van der Waals surface area contributed by atoms with Crippen LogP contribution in [0.2, 0.25) is 0 Å². The summed E-state index contributed by atoms with van der Waals surface area (Å²) in [5.41, 5.74) is -6.84. The summed E-state index contributed by atoms with van der Waals surface area (Å²) in [6.45, 7) is 5.50. The molecule has 256 valence electrons. The van der Waals surface area contributed by atoms with Crippen LogP contribution in [0, 0.1) is 0 Å². The van der Waals surface area contributed by atoms with Gasteiger partial charge in [0, 0.05) is 36.9 Å². The molecule has 3 aliphatic heterocycles. The number of amides is 4. The Morgan fingerprint density at radius 3 is 2.28 bits per heavy atom. The molecule has 0 aromatic heterocycles. The summed E-state index contributed by atoms with van der Waals surface area (Å²) in [6, 6.07) is 6.16. The standard InChI is InChI=1S/C31H34F6N4O6/c1-4-5-19-14-21(29(45,30(32,33)34)31(35,36)37)6-8-22(19)40-11-10-39(16-18(40)2)25(42)17-41-26(43)28(3,38-27(41)44)20-7-9-23-24(15-20)47-13-12-46-23/h6-9,14-15,18,45H,4-5,10-13,16-17H2,1-3H3,(H,38,44)/t18-,28?/m1/s1. The third kappa shape index (κ3) is 5.91. The number of urea groups is 1. The fourth-order valence-electron chi connectivity index (χ4n) is 6.22. The number of piperazine rings is 1. The van der Waals surface area contributed by atoms with Gasteiger partial charge in [0.25, 0.3) is 11.5 Å². The summed E-state index contributed by atoms with van der Waals surface area (Å²) in [5.74, 6) is -0.230. The van der Waals surface area contributed by atoms with E-state index in [0.717, 1.165) is 17.0 Å². The van der Waals surface area contributed by atoms with E-state index in [0.29, 0.717) is 48.5 Å². The average Bonchev–Trinajstić information content (AvgIpc) is 3.23. The lowest BCUT2D eigenvalue weighted by molar-refractivity contribution is -0.376. The smallest absolute Gasteiger partial charge is 0.430 e. The highest BCUT2D eigenvalue weighted by atomic mass is 19.4. The van der Waals surface area contributed by atoms with Gasteiger partial charge in [0.05, 0.1) is 0 Å². The number of aliphatic hydroxyl groups is 1. The van der Waals surface area contributed by atoms with Gasteiger partial charge >= 0.3 is 18.4 Å². The lowest BCUT2D eigenvalue weighted by atomic mass is 9.89. The first kappa shape index (κ1) is 34.1. The van der Waals surface area contributed by atoms with Crippen molar-refractivity contribution in [2.75, 3.05) is 44.3 Å². The molecule has 3 heterocycles. The van der Waals surface area contributed by atoms with E-state index in [9.17, 15) is 45.8 Å². The Kier molecular flexibility index (Phi) is 8.79. The minimum atomic E-state index is -6.01. The molecule has 4 amide bonds. The van der Waals surface area contributed by atoms with Crippen molar-refractivity contribution in [1.82, 2.24) is 15.1 Å². The lowest BCUT2D eigenvalue weighted by Gasteiger charge is -2.42. The van der Waals surface area contributed by atoms with Crippen LogP contribution in [0.25, 0.3) is 0 Å². The van der Waals surface area contributed by atoms with Gasteiger partial charge in [0.15, 0.2) is 11.5 Å². The van der Waals surface area contributed by atoms with E-state index in [1.165, 1.54) is 11.8 Å². The lowest BCUT2D eigenvalue weighted by Crippen LogP contribution is -2.56. The summed E-state index contributed by atoms with van der Waals surface area (Å²) in [4.78, 5) is 43.8. The van der Waals surface area contributed by atoms with Crippen LogP contribution in [0.5, 0.6) is 11.5 Å². The van der Waals surface area contributed by atoms with E-state index < -0.39 is 59.5 Å². The number of hydrogen-bond donors (Lipinski definition) is 2. The van der Waals surface area contributed by atoms with Gasteiger partial charge in [-0.3, -0.25) is 14.5 Å². The van der Waals surface area contributed by atoms with Gasteiger partial charge < -0.3 is 29.7 Å². The van der Waals surface area contributed by atoms with Gasteiger partial charge in [-0.05, 0) is 49.6 Å². The molecule has 2 fully saturated rings. The molecule has 10 nitrogen and oxygen atoms in total. The van der Waals surface area contributed by atoms with E-state index in [-0.39, 0.29) is 31.6 Å². The normalized spacial score (nSPS) is 22.1. The molecule has 2 atom stereocenters. The molecule has 47 heavy (non-hydrogen) atoms. The van der Waals surface area contributed by atoms with Gasteiger partial charge in [0.1, 0.15) is 25.3 Å². The number of nitrogens with zero attached hydrogens (tertiary/aromatic N) is 3. The predicted octanol–water partition coefficient (Wildman–Crippen LogP) is 4.23. The summed E-state index contributed by atoms with van der Waals surface area (Å²) in [6.07, 6.45) is -11.5. The molecule has 0 saturated carbocycles. The Bertz CT molecular complexity index is 1550. The molecule has 0 spiro atoms. The largest absolute Gasteiger partial charge is 0.486 e. The maximum atomic E-state index is 13.5.